The molecule has 1 saturated carbocycles. The molecule has 0 heterocycles. The summed E-state index contributed by atoms with van der Waals surface area (Å²) in [5.41, 5.74) is 0. The van der Waals surface area contributed by atoms with Gasteiger partial charge in [-0.1, -0.05) is 12.8 Å². The van der Waals surface area contributed by atoms with E-state index >= 15 is 0 Å². The van der Waals surface area contributed by atoms with Gasteiger partial charge in [0.05, 0.1) is 5.92 Å². The zero-order chi connectivity index (χ0) is 12.7. The Morgan fingerprint density at radius 2 is 1.88 bits per heavy atom. The Balaban J connectivity index is 2.31. The quantitative estimate of drug-likeness (QED) is 0.579. The molecule has 98 valence electrons. The van der Waals surface area contributed by atoms with E-state index in [1.165, 1.54) is 0 Å². The number of unbranched alkanes of at least 4 members (excludes halogenated alkanes) is 2. The van der Waals surface area contributed by atoms with Crippen LogP contribution in [-0.2, 0) is 0 Å². The first kappa shape index (κ1) is 14.4. The van der Waals surface area contributed by atoms with Crippen molar-refractivity contribution in [3.8, 4) is 12.3 Å². The van der Waals surface area contributed by atoms with Crippen LogP contribution < -0.4 is 5.32 Å². The van der Waals surface area contributed by atoms with E-state index in [0.717, 1.165) is 19.3 Å². The number of terminal acetylenes is 1. The molecule has 0 aromatic carbocycles. The molecule has 0 amide bonds. The molecular weight excluding hydrogens is 227 g/mol. The largest absolute Gasteiger partial charge is 0.393 e. The zero-order valence-electron chi connectivity index (χ0n) is 10.0. The van der Waals surface area contributed by atoms with Gasteiger partial charge in [-0.05, 0) is 32.2 Å². The molecule has 1 rings (SSSR count). The van der Waals surface area contributed by atoms with E-state index in [1.54, 1.807) is 0 Å². The van der Waals surface area contributed by atoms with Gasteiger partial charge in [-0.3, -0.25) is 0 Å². The summed E-state index contributed by atoms with van der Waals surface area (Å²) in [5.74, 6) is 1.37. The fourth-order valence-corrected chi connectivity index (χ4v) is 2.41. The van der Waals surface area contributed by atoms with E-state index < -0.39 is 18.1 Å². The van der Waals surface area contributed by atoms with Crippen LogP contribution in [0.4, 0.5) is 13.2 Å². The van der Waals surface area contributed by atoms with Gasteiger partial charge in [0, 0.05) is 12.5 Å². The fraction of sp³-hybridized carbons (Fsp3) is 0.846. The summed E-state index contributed by atoms with van der Waals surface area (Å²) >= 11 is 0. The molecule has 1 aliphatic carbocycles. The molecule has 2 unspecified atom stereocenters. The van der Waals surface area contributed by atoms with Gasteiger partial charge in [-0.25, -0.2) is 0 Å². The van der Waals surface area contributed by atoms with Crippen molar-refractivity contribution >= 4 is 0 Å². The summed E-state index contributed by atoms with van der Waals surface area (Å²) in [4.78, 5) is 0. The third kappa shape index (κ3) is 4.99. The Morgan fingerprint density at radius 1 is 1.18 bits per heavy atom. The van der Waals surface area contributed by atoms with Gasteiger partial charge in [-0.2, -0.15) is 13.2 Å². The van der Waals surface area contributed by atoms with Crippen molar-refractivity contribution in [1.82, 2.24) is 5.32 Å². The molecule has 1 N–H and O–H groups in total. The van der Waals surface area contributed by atoms with Gasteiger partial charge in [-0.15, -0.1) is 12.3 Å². The molecule has 2 atom stereocenters. The van der Waals surface area contributed by atoms with Crippen LogP contribution in [0, 0.1) is 18.3 Å². The third-order valence-corrected chi connectivity index (χ3v) is 3.34. The first-order valence-corrected chi connectivity index (χ1v) is 6.29. The molecule has 0 aromatic heterocycles. The van der Waals surface area contributed by atoms with E-state index in [9.17, 15) is 13.2 Å². The molecule has 1 aliphatic rings. The first-order chi connectivity index (χ1) is 8.05. The molecule has 1 fully saturated rings. The summed E-state index contributed by atoms with van der Waals surface area (Å²) in [6, 6.07) is -0.394. The van der Waals surface area contributed by atoms with Crippen molar-refractivity contribution in [3.05, 3.63) is 0 Å². The fourth-order valence-electron chi connectivity index (χ4n) is 2.41. The van der Waals surface area contributed by atoms with E-state index in [-0.39, 0.29) is 6.42 Å². The summed E-state index contributed by atoms with van der Waals surface area (Å²) in [5, 5.41) is 3.05. The number of halogens is 3. The first-order valence-electron chi connectivity index (χ1n) is 6.29. The standard InChI is InChI=1S/C13H20F3N/c1-2-3-4-7-10-17-12-9-6-5-8-11(12)13(14,15)16/h1,11-12,17H,3-10H2. The smallest absolute Gasteiger partial charge is 0.313 e. The highest BCUT2D eigenvalue weighted by Crippen LogP contribution is 2.37. The lowest BCUT2D eigenvalue weighted by Gasteiger charge is -2.33. The maximum atomic E-state index is 12.8. The highest BCUT2D eigenvalue weighted by molar-refractivity contribution is 4.86. The summed E-state index contributed by atoms with van der Waals surface area (Å²) in [7, 11) is 0. The molecule has 0 bridgehead atoms. The van der Waals surface area contributed by atoms with E-state index in [2.05, 4.69) is 11.2 Å². The highest BCUT2D eigenvalue weighted by atomic mass is 19.4. The summed E-state index contributed by atoms with van der Waals surface area (Å²) in [6.45, 7) is 0.638. The Labute approximate surface area is 101 Å². The van der Waals surface area contributed by atoms with Gasteiger partial charge in [0.1, 0.15) is 0 Å². The van der Waals surface area contributed by atoms with E-state index in [0.29, 0.717) is 25.8 Å². The minimum absolute atomic E-state index is 0.269. The number of rotatable bonds is 5. The van der Waals surface area contributed by atoms with Crippen molar-refractivity contribution < 1.29 is 13.2 Å². The highest BCUT2D eigenvalue weighted by Gasteiger charge is 2.45. The maximum Gasteiger partial charge on any atom is 0.393 e. The van der Waals surface area contributed by atoms with Crippen LogP contribution in [0.15, 0.2) is 0 Å². The van der Waals surface area contributed by atoms with Crippen molar-refractivity contribution in [2.45, 2.75) is 57.2 Å². The lowest BCUT2D eigenvalue weighted by atomic mass is 9.84. The van der Waals surface area contributed by atoms with Gasteiger partial charge >= 0.3 is 6.18 Å². The predicted octanol–water partition coefficient (Wildman–Crippen LogP) is 3.50. The van der Waals surface area contributed by atoms with Crippen molar-refractivity contribution in [2.75, 3.05) is 6.54 Å². The number of nitrogens with one attached hydrogen (secondary N) is 1. The van der Waals surface area contributed by atoms with Crippen LogP contribution in [0.1, 0.15) is 44.9 Å². The van der Waals surface area contributed by atoms with Crippen molar-refractivity contribution in [2.24, 2.45) is 5.92 Å². The second-order valence-electron chi connectivity index (χ2n) is 4.65. The summed E-state index contributed by atoms with van der Waals surface area (Å²) in [6.07, 6.45) is 5.99. The molecule has 17 heavy (non-hydrogen) atoms. The lowest BCUT2D eigenvalue weighted by Crippen LogP contribution is -2.45. The monoisotopic (exact) mass is 247 g/mol. The molecular formula is C13H20F3N. The molecule has 0 saturated heterocycles. The third-order valence-electron chi connectivity index (χ3n) is 3.34. The minimum atomic E-state index is -4.06. The van der Waals surface area contributed by atoms with Crippen LogP contribution >= 0.6 is 0 Å². The Bertz CT molecular complexity index is 254. The van der Waals surface area contributed by atoms with Crippen molar-refractivity contribution in [3.63, 3.8) is 0 Å². The number of alkyl halides is 3. The number of hydrogen-bond acceptors (Lipinski definition) is 1. The Morgan fingerprint density at radius 3 is 2.53 bits per heavy atom. The van der Waals surface area contributed by atoms with E-state index in [1.807, 2.05) is 0 Å². The van der Waals surface area contributed by atoms with Crippen LogP contribution in [0.25, 0.3) is 0 Å². The average Bonchev–Trinajstić information content (AvgIpc) is 2.28. The second kappa shape index (κ2) is 6.90. The minimum Gasteiger partial charge on any atom is -0.313 e. The van der Waals surface area contributed by atoms with Crippen LogP contribution in [0.5, 0.6) is 0 Å². The molecule has 4 heteroatoms. The maximum absolute atomic E-state index is 12.8. The van der Waals surface area contributed by atoms with E-state index in [4.69, 9.17) is 6.42 Å². The van der Waals surface area contributed by atoms with Crippen LogP contribution in [-0.4, -0.2) is 18.8 Å². The molecule has 0 aliphatic heterocycles. The predicted molar refractivity (Wildman–Crippen MR) is 62.5 cm³/mol. The molecule has 1 nitrogen and oxygen atoms in total. The van der Waals surface area contributed by atoms with Crippen LogP contribution in [0.3, 0.4) is 0 Å². The van der Waals surface area contributed by atoms with Gasteiger partial charge < -0.3 is 5.32 Å². The number of hydrogen-bond donors (Lipinski definition) is 1. The van der Waals surface area contributed by atoms with Gasteiger partial charge in [0.15, 0.2) is 0 Å². The molecule has 0 spiro atoms. The van der Waals surface area contributed by atoms with Crippen molar-refractivity contribution in [1.29, 1.82) is 0 Å². The SMILES string of the molecule is C#CCCCCNC1CCCCC1C(F)(F)F. The molecule has 0 aromatic rings. The van der Waals surface area contributed by atoms with Crippen LogP contribution in [0.2, 0.25) is 0 Å². The lowest BCUT2D eigenvalue weighted by molar-refractivity contribution is -0.188. The normalized spacial score (nSPS) is 25.5. The second-order valence-corrected chi connectivity index (χ2v) is 4.65. The van der Waals surface area contributed by atoms with Gasteiger partial charge in [0.25, 0.3) is 0 Å². The Hall–Kier alpha value is -0.690. The molecule has 0 radical (unpaired) electrons. The average molecular weight is 247 g/mol. The summed E-state index contributed by atoms with van der Waals surface area (Å²) < 4.78 is 38.3. The van der Waals surface area contributed by atoms with Gasteiger partial charge in [0.2, 0.25) is 0 Å². The Kier molecular flexibility index (Phi) is 5.84. The topological polar surface area (TPSA) is 12.0 Å². The zero-order valence-corrected chi connectivity index (χ0v) is 10.0.